The number of ether oxygens (including phenoxy) is 1. The molecule has 0 saturated carbocycles. The van der Waals surface area contributed by atoms with Gasteiger partial charge in [0, 0.05) is 5.92 Å². The first kappa shape index (κ1) is 14.9. The number of aryl methyl sites for hydroxylation is 2. The Morgan fingerprint density at radius 3 is 2.27 bits per heavy atom. The molecule has 0 aromatic heterocycles. The molecule has 22 heavy (non-hydrogen) atoms. The van der Waals surface area contributed by atoms with Crippen LogP contribution in [0.2, 0.25) is 0 Å². The minimum atomic E-state index is 0.421. The SMILES string of the molecule is COc1ccc([C@H]2c3c(C)cc(C)cc3C(C)=C[C@@H]2C)cc1. The van der Waals surface area contributed by atoms with Crippen LogP contribution in [0.4, 0.5) is 0 Å². The smallest absolute Gasteiger partial charge is 0.118 e. The lowest BCUT2D eigenvalue weighted by Crippen LogP contribution is -2.17. The minimum Gasteiger partial charge on any atom is -0.497 e. The molecule has 0 unspecified atom stereocenters. The topological polar surface area (TPSA) is 9.23 Å². The number of fused-ring (bicyclic) bond motifs is 1. The molecular formula is C21H24O. The number of hydrogen-bond donors (Lipinski definition) is 0. The van der Waals surface area contributed by atoms with Gasteiger partial charge in [-0.15, -0.1) is 0 Å². The Labute approximate surface area is 133 Å². The Morgan fingerprint density at radius 1 is 0.955 bits per heavy atom. The van der Waals surface area contributed by atoms with Gasteiger partial charge in [0.1, 0.15) is 5.75 Å². The molecule has 3 rings (SSSR count). The van der Waals surface area contributed by atoms with Gasteiger partial charge >= 0.3 is 0 Å². The van der Waals surface area contributed by atoms with E-state index >= 15 is 0 Å². The lowest BCUT2D eigenvalue weighted by molar-refractivity contribution is 0.414. The Hall–Kier alpha value is -2.02. The average Bonchev–Trinajstić information content (AvgIpc) is 2.49. The van der Waals surface area contributed by atoms with Gasteiger partial charge in [-0.25, -0.2) is 0 Å². The van der Waals surface area contributed by atoms with Gasteiger partial charge in [0.25, 0.3) is 0 Å². The summed E-state index contributed by atoms with van der Waals surface area (Å²) < 4.78 is 5.30. The molecule has 1 heteroatoms. The number of hydrogen-bond acceptors (Lipinski definition) is 1. The van der Waals surface area contributed by atoms with Crippen molar-refractivity contribution >= 4 is 5.57 Å². The molecule has 2 aromatic rings. The molecule has 0 aliphatic heterocycles. The Balaban J connectivity index is 2.16. The molecule has 0 spiro atoms. The third kappa shape index (κ3) is 2.45. The summed E-state index contributed by atoms with van der Waals surface area (Å²) in [6.45, 7) is 8.98. The summed E-state index contributed by atoms with van der Waals surface area (Å²) >= 11 is 0. The third-order valence-corrected chi connectivity index (χ3v) is 4.78. The van der Waals surface area contributed by atoms with Crippen molar-refractivity contribution in [2.24, 2.45) is 5.92 Å². The van der Waals surface area contributed by atoms with Crippen molar-refractivity contribution in [3.05, 3.63) is 70.3 Å². The predicted octanol–water partition coefficient (Wildman–Crippen LogP) is 5.50. The van der Waals surface area contributed by atoms with Crippen LogP contribution >= 0.6 is 0 Å². The number of rotatable bonds is 2. The number of allylic oxidation sites excluding steroid dienone is 2. The second-order valence-corrected chi connectivity index (χ2v) is 6.50. The number of benzene rings is 2. The maximum absolute atomic E-state index is 5.30. The average molecular weight is 292 g/mol. The van der Waals surface area contributed by atoms with E-state index in [2.05, 4.69) is 70.2 Å². The molecule has 0 heterocycles. The number of methoxy groups -OCH3 is 1. The van der Waals surface area contributed by atoms with Crippen molar-refractivity contribution in [2.75, 3.05) is 7.11 Å². The monoisotopic (exact) mass is 292 g/mol. The first-order valence-corrected chi connectivity index (χ1v) is 7.95. The van der Waals surface area contributed by atoms with Crippen molar-refractivity contribution in [2.45, 2.75) is 33.6 Å². The maximum atomic E-state index is 5.30. The van der Waals surface area contributed by atoms with Crippen LogP contribution < -0.4 is 4.74 Å². The van der Waals surface area contributed by atoms with E-state index in [4.69, 9.17) is 4.74 Å². The molecule has 0 bridgehead atoms. The van der Waals surface area contributed by atoms with E-state index in [0.717, 1.165) is 5.75 Å². The highest BCUT2D eigenvalue weighted by molar-refractivity contribution is 5.73. The lowest BCUT2D eigenvalue weighted by Gasteiger charge is -2.32. The first-order valence-electron chi connectivity index (χ1n) is 7.95. The summed E-state index contributed by atoms with van der Waals surface area (Å²) in [5.74, 6) is 1.84. The van der Waals surface area contributed by atoms with Gasteiger partial charge in [-0.3, -0.25) is 0 Å². The van der Waals surface area contributed by atoms with E-state index in [1.165, 1.54) is 33.4 Å². The van der Waals surface area contributed by atoms with E-state index in [1.807, 2.05) is 0 Å². The van der Waals surface area contributed by atoms with Crippen molar-refractivity contribution in [1.82, 2.24) is 0 Å². The Morgan fingerprint density at radius 2 is 1.64 bits per heavy atom. The summed E-state index contributed by atoms with van der Waals surface area (Å²) in [5.41, 5.74) is 8.41. The zero-order valence-corrected chi connectivity index (χ0v) is 14.1. The molecule has 2 aromatic carbocycles. The lowest BCUT2D eigenvalue weighted by atomic mass is 9.72. The second-order valence-electron chi connectivity index (χ2n) is 6.50. The standard InChI is InChI=1S/C21H24O/c1-13-10-15(3)21-19(11-13)14(2)12-16(4)20(21)17-6-8-18(22-5)9-7-17/h6-12,16,20H,1-5H3/t16-,20-/m0/s1. The zero-order valence-electron chi connectivity index (χ0n) is 14.1. The van der Waals surface area contributed by atoms with Crippen LogP contribution in [0.1, 0.15) is 47.6 Å². The van der Waals surface area contributed by atoms with Crippen LogP contribution in [0.3, 0.4) is 0 Å². The molecular weight excluding hydrogens is 268 g/mol. The van der Waals surface area contributed by atoms with Gasteiger partial charge in [0.2, 0.25) is 0 Å². The molecule has 0 saturated heterocycles. The molecule has 114 valence electrons. The molecule has 0 radical (unpaired) electrons. The van der Waals surface area contributed by atoms with E-state index in [0.29, 0.717) is 11.8 Å². The molecule has 0 amide bonds. The highest BCUT2D eigenvalue weighted by Gasteiger charge is 2.28. The van der Waals surface area contributed by atoms with Crippen LogP contribution in [-0.2, 0) is 0 Å². The quantitative estimate of drug-likeness (QED) is 0.710. The molecule has 0 fully saturated rings. The molecule has 2 atom stereocenters. The highest BCUT2D eigenvalue weighted by Crippen LogP contribution is 2.44. The van der Waals surface area contributed by atoms with Crippen molar-refractivity contribution < 1.29 is 4.74 Å². The van der Waals surface area contributed by atoms with Crippen LogP contribution in [0.25, 0.3) is 5.57 Å². The Bertz CT molecular complexity index is 722. The van der Waals surface area contributed by atoms with Crippen LogP contribution in [0.15, 0.2) is 42.5 Å². The van der Waals surface area contributed by atoms with Crippen LogP contribution in [0, 0.1) is 19.8 Å². The van der Waals surface area contributed by atoms with E-state index in [1.54, 1.807) is 7.11 Å². The van der Waals surface area contributed by atoms with E-state index in [9.17, 15) is 0 Å². The maximum Gasteiger partial charge on any atom is 0.118 e. The van der Waals surface area contributed by atoms with Gasteiger partial charge in [0.05, 0.1) is 7.11 Å². The Kier molecular flexibility index (Phi) is 3.82. The molecule has 1 aliphatic rings. The first-order chi connectivity index (χ1) is 10.5. The highest BCUT2D eigenvalue weighted by atomic mass is 16.5. The predicted molar refractivity (Wildman–Crippen MR) is 93.6 cm³/mol. The summed E-state index contributed by atoms with van der Waals surface area (Å²) in [5, 5.41) is 0. The van der Waals surface area contributed by atoms with Gasteiger partial charge in [0.15, 0.2) is 0 Å². The fourth-order valence-electron chi connectivity index (χ4n) is 3.84. The summed E-state index contributed by atoms with van der Waals surface area (Å²) in [7, 11) is 1.71. The third-order valence-electron chi connectivity index (χ3n) is 4.78. The van der Waals surface area contributed by atoms with Gasteiger partial charge in [-0.05, 0) is 66.6 Å². The zero-order chi connectivity index (χ0) is 15.9. The van der Waals surface area contributed by atoms with Crippen LogP contribution in [0.5, 0.6) is 5.75 Å². The van der Waals surface area contributed by atoms with Gasteiger partial charge in [-0.2, -0.15) is 0 Å². The van der Waals surface area contributed by atoms with E-state index < -0.39 is 0 Å². The fraction of sp³-hybridized carbons (Fsp3) is 0.333. The van der Waals surface area contributed by atoms with E-state index in [-0.39, 0.29) is 0 Å². The summed E-state index contributed by atoms with van der Waals surface area (Å²) in [4.78, 5) is 0. The van der Waals surface area contributed by atoms with Crippen LogP contribution in [-0.4, -0.2) is 7.11 Å². The fourth-order valence-corrected chi connectivity index (χ4v) is 3.84. The normalized spacial score (nSPS) is 20.3. The van der Waals surface area contributed by atoms with Crippen molar-refractivity contribution in [3.8, 4) is 5.75 Å². The second kappa shape index (κ2) is 5.64. The van der Waals surface area contributed by atoms with Gasteiger partial charge < -0.3 is 4.74 Å². The largest absolute Gasteiger partial charge is 0.497 e. The molecule has 1 aliphatic carbocycles. The van der Waals surface area contributed by atoms with Gasteiger partial charge in [-0.1, -0.05) is 42.8 Å². The molecule has 1 nitrogen and oxygen atoms in total. The summed E-state index contributed by atoms with van der Waals surface area (Å²) in [6, 6.07) is 13.2. The van der Waals surface area contributed by atoms with Crippen molar-refractivity contribution in [3.63, 3.8) is 0 Å². The molecule has 0 N–H and O–H groups in total. The summed E-state index contributed by atoms with van der Waals surface area (Å²) in [6.07, 6.45) is 2.41. The van der Waals surface area contributed by atoms with Crippen molar-refractivity contribution in [1.29, 1.82) is 0 Å². The minimum absolute atomic E-state index is 0.421.